The molecule has 3 aromatic carbocycles. The van der Waals surface area contributed by atoms with Gasteiger partial charge < -0.3 is 11.1 Å². The highest BCUT2D eigenvalue weighted by atomic mass is 32.1. The highest BCUT2D eigenvalue weighted by molar-refractivity contribution is 7.19. The van der Waals surface area contributed by atoms with E-state index in [2.05, 4.69) is 28.5 Å². The van der Waals surface area contributed by atoms with Gasteiger partial charge in [0.15, 0.2) is 5.13 Å². The molecular weight excluding hydrogens is 481 g/mol. The molecule has 36 heavy (non-hydrogen) atoms. The fourth-order valence-corrected chi connectivity index (χ4v) is 5.02. The molecule has 1 atom stereocenters. The summed E-state index contributed by atoms with van der Waals surface area (Å²) in [4.78, 5) is 10.1. The molecule has 8 heteroatoms. The molecule has 0 radical (unpaired) electrons. The van der Waals surface area contributed by atoms with Crippen LogP contribution < -0.4 is 11.1 Å². The molecule has 0 aliphatic heterocycles. The quantitative estimate of drug-likeness (QED) is 0.250. The summed E-state index contributed by atoms with van der Waals surface area (Å²) in [6.45, 7) is 0.436. The van der Waals surface area contributed by atoms with Gasteiger partial charge in [-0.05, 0) is 47.2 Å². The molecule has 0 spiro atoms. The predicted octanol–water partition coefficient (Wildman–Crippen LogP) is 7.03. The molecule has 0 bridgehead atoms. The number of anilines is 1. The minimum atomic E-state index is -4.34. The number of benzene rings is 3. The van der Waals surface area contributed by atoms with E-state index in [-0.39, 0.29) is 6.04 Å². The third-order valence-electron chi connectivity index (χ3n) is 5.87. The Labute approximate surface area is 210 Å². The normalized spacial score (nSPS) is 12.6. The number of halogens is 3. The lowest BCUT2D eigenvalue weighted by Gasteiger charge is -2.13. The van der Waals surface area contributed by atoms with E-state index < -0.39 is 11.7 Å². The van der Waals surface area contributed by atoms with Crippen LogP contribution in [0.1, 0.15) is 11.1 Å². The van der Waals surface area contributed by atoms with Crippen LogP contribution in [0, 0.1) is 0 Å². The number of nitrogens with zero attached hydrogens (tertiary/aromatic N) is 2. The summed E-state index contributed by atoms with van der Waals surface area (Å²) in [5.41, 5.74) is 9.35. The summed E-state index contributed by atoms with van der Waals surface area (Å²) in [7, 11) is 0. The average Bonchev–Trinajstić information content (AvgIpc) is 3.32. The van der Waals surface area contributed by atoms with E-state index in [9.17, 15) is 13.2 Å². The fraction of sp³-hybridized carbons (Fsp3) is 0.143. The molecule has 4 nitrogen and oxygen atoms in total. The Hall–Kier alpha value is -3.75. The zero-order valence-electron chi connectivity index (χ0n) is 19.2. The van der Waals surface area contributed by atoms with Crippen LogP contribution in [0.25, 0.3) is 32.5 Å². The highest BCUT2D eigenvalue weighted by Crippen LogP contribution is 2.40. The molecule has 5 rings (SSSR count). The Kier molecular flexibility index (Phi) is 6.71. The number of hydrogen-bond acceptors (Lipinski definition) is 5. The molecule has 0 saturated carbocycles. The number of nitrogens with one attached hydrogen (secondary N) is 1. The number of hydrogen-bond donors (Lipinski definition) is 2. The number of thiazole rings is 1. The van der Waals surface area contributed by atoms with Gasteiger partial charge in [0.1, 0.15) is 0 Å². The summed E-state index contributed by atoms with van der Waals surface area (Å²) >= 11 is 1.55. The van der Waals surface area contributed by atoms with Crippen molar-refractivity contribution >= 4 is 27.2 Å². The first-order valence-corrected chi connectivity index (χ1v) is 12.2. The van der Waals surface area contributed by atoms with Crippen molar-refractivity contribution in [1.29, 1.82) is 0 Å². The van der Waals surface area contributed by atoms with Crippen molar-refractivity contribution in [3.05, 3.63) is 102 Å². The lowest BCUT2D eigenvalue weighted by Crippen LogP contribution is -2.31. The van der Waals surface area contributed by atoms with Gasteiger partial charge in [0.25, 0.3) is 0 Å². The Bertz CT molecular complexity index is 1460. The predicted molar refractivity (Wildman–Crippen MR) is 140 cm³/mol. The smallest absolute Gasteiger partial charge is 0.360 e. The van der Waals surface area contributed by atoms with Crippen LogP contribution >= 0.6 is 11.3 Å². The van der Waals surface area contributed by atoms with E-state index in [4.69, 9.17) is 10.7 Å². The van der Waals surface area contributed by atoms with Crippen molar-refractivity contribution in [2.45, 2.75) is 18.6 Å². The summed E-state index contributed by atoms with van der Waals surface area (Å²) in [6, 6.07) is 23.1. The van der Waals surface area contributed by atoms with Gasteiger partial charge in [-0.15, -0.1) is 0 Å². The third kappa shape index (κ3) is 5.40. The number of alkyl halides is 3. The van der Waals surface area contributed by atoms with Crippen molar-refractivity contribution < 1.29 is 13.2 Å². The van der Waals surface area contributed by atoms with Crippen LogP contribution in [0.15, 0.2) is 91.3 Å². The first-order chi connectivity index (χ1) is 17.4. The lowest BCUT2D eigenvalue weighted by molar-refractivity contribution is -0.137. The summed E-state index contributed by atoms with van der Waals surface area (Å²) in [5, 5.41) is 6.24. The molecule has 2 aromatic heterocycles. The van der Waals surface area contributed by atoms with Gasteiger partial charge in [-0.1, -0.05) is 65.9 Å². The van der Waals surface area contributed by atoms with Crippen LogP contribution in [-0.4, -0.2) is 22.6 Å². The third-order valence-corrected chi connectivity index (χ3v) is 6.93. The second-order valence-electron chi connectivity index (χ2n) is 8.54. The molecule has 1 unspecified atom stereocenters. The summed E-state index contributed by atoms with van der Waals surface area (Å²) in [5.74, 6) is 0. The minimum Gasteiger partial charge on any atom is -0.360 e. The molecule has 5 aromatic rings. The largest absolute Gasteiger partial charge is 0.416 e. The summed E-state index contributed by atoms with van der Waals surface area (Å²) in [6.07, 6.45) is -0.270. The van der Waals surface area contributed by atoms with Gasteiger partial charge in [-0.25, -0.2) is 4.98 Å². The van der Waals surface area contributed by atoms with Gasteiger partial charge >= 0.3 is 6.18 Å². The number of nitrogens with two attached hydrogens (primary N) is 1. The second kappa shape index (κ2) is 10.1. The van der Waals surface area contributed by atoms with Crippen LogP contribution in [0.5, 0.6) is 0 Å². The van der Waals surface area contributed by atoms with E-state index in [0.29, 0.717) is 13.0 Å². The number of fused-ring (bicyclic) bond motifs is 1. The average molecular weight is 505 g/mol. The summed E-state index contributed by atoms with van der Waals surface area (Å²) < 4.78 is 38.4. The van der Waals surface area contributed by atoms with E-state index in [1.54, 1.807) is 17.5 Å². The van der Waals surface area contributed by atoms with Crippen LogP contribution in [0.4, 0.5) is 18.3 Å². The fourth-order valence-electron chi connectivity index (χ4n) is 4.03. The Morgan fingerprint density at radius 1 is 0.889 bits per heavy atom. The Morgan fingerprint density at radius 2 is 1.67 bits per heavy atom. The molecule has 0 aliphatic carbocycles. The van der Waals surface area contributed by atoms with Gasteiger partial charge in [-0.3, -0.25) is 4.98 Å². The highest BCUT2D eigenvalue weighted by Gasteiger charge is 2.30. The van der Waals surface area contributed by atoms with Gasteiger partial charge in [0, 0.05) is 35.9 Å². The Balaban J connectivity index is 1.36. The van der Waals surface area contributed by atoms with Crippen molar-refractivity contribution in [1.82, 2.24) is 9.97 Å². The zero-order chi connectivity index (χ0) is 25.1. The first-order valence-electron chi connectivity index (χ1n) is 11.4. The SMILES string of the molecule is NC(CNc1nc(-c2ccccc2)c(-c2ccc3cnccc3c2)s1)Cc1ccc(C(F)(F)F)cc1. The van der Waals surface area contributed by atoms with Crippen molar-refractivity contribution in [2.24, 2.45) is 5.73 Å². The van der Waals surface area contributed by atoms with Gasteiger partial charge in [0.2, 0.25) is 0 Å². The van der Waals surface area contributed by atoms with E-state index >= 15 is 0 Å². The maximum Gasteiger partial charge on any atom is 0.416 e. The van der Waals surface area contributed by atoms with Crippen LogP contribution in [0.3, 0.4) is 0 Å². The molecule has 0 fully saturated rings. The maximum absolute atomic E-state index is 12.8. The van der Waals surface area contributed by atoms with Crippen LogP contribution in [0.2, 0.25) is 0 Å². The van der Waals surface area contributed by atoms with Crippen molar-refractivity contribution in [3.8, 4) is 21.7 Å². The lowest BCUT2D eigenvalue weighted by atomic mass is 10.0. The minimum absolute atomic E-state index is 0.289. The zero-order valence-corrected chi connectivity index (χ0v) is 20.0. The van der Waals surface area contributed by atoms with E-state index in [1.165, 1.54) is 12.1 Å². The maximum atomic E-state index is 12.8. The monoisotopic (exact) mass is 504 g/mol. The van der Waals surface area contributed by atoms with E-state index in [1.807, 2.05) is 42.6 Å². The number of aromatic nitrogens is 2. The molecule has 2 heterocycles. The first kappa shape index (κ1) is 24.0. The second-order valence-corrected chi connectivity index (χ2v) is 9.54. The number of pyridine rings is 1. The Morgan fingerprint density at radius 3 is 2.42 bits per heavy atom. The standard InChI is InChI=1S/C28H23F3N4S/c29-28(30,31)23-10-6-18(7-11-23)14-24(32)17-34-27-35-25(19-4-2-1-3-5-19)26(36-27)21-8-9-22-16-33-13-12-20(22)15-21/h1-13,15-16,24H,14,17,32H2,(H,34,35). The molecule has 182 valence electrons. The van der Waals surface area contributed by atoms with Gasteiger partial charge in [0.05, 0.1) is 16.1 Å². The van der Waals surface area contributed by atoms with Crippen LogP contribution in [-0.2, 0) is 12.6 Å². The van der Waals surface area contributed by atoms with Crippen molar-refractivity contribution in [3.63, 3.8) is 0 Å². The molecule has 0 amide bonds. The van der Waals surface area contributed by atoms with Gasteiger partial charge in [-0.2, -0.15) is 13.2 Å². The van der Waals surface area contributed by atoms with Crippen molar-refractivity contribution in [2.75, 3.05) is 11.9 Å². The molecular formula is C28H23F3N4S. The molecule has 0 aliphatic rings. The molecule has 0 saturated heterocycles. The topological polar surface area (TPSA) is 63.8 Å². The number of rotatable bonds is 7. The van der Waals surface area contributed by atoms with E-state index in [0.717, 1.165) is 55.3 Å². The molecule has 3 N–H and O–H groups in total.